The van der Waals surface area contributed by atoms with Crippen LogP contribution >= 0.6 is 12.4 Å². The maximum atomic E-state index is 12.9. The molecule has 0 aliphatic carbocycles. The van der Waals surface area contributed by atoms with E-state index < -0.39 is 17.6 Å². The molecule has 2 aromatic carbocycles. The number of benzene rings is 2. The number of hydrogen-bond acceptors (Lipinski definition) is 4. The summed E-state index contributed by atoms with van der Waals surface area (Å²) < 4.78 is 49.1. The van der Waals surface area contributed by atoms with Crippen molar-refractivity contribution >= 4 is 29.7 Å². The van der Waals surface area contributed by atoms with Crippen molar-refractivity contribution in [2.45, 2.75) is 12.6 Å². The lowest BCUT2D eigenvalue weighted by Gasteiger charge is -2.15. The van der Waals surface area contributed by atoms with Crippen LogP contribution in [-0.2, 0) is 22.1 Å². The fourth-order valence-corrected chi connectivity index (χ4v) is 2.18. The number of ether oxygens (including phenoxy) is 2. The van der Waals surface area contributed by atoms with Gasteiger partial charge in [-0.05, 0) is 35.9 Å². The first-order valence-electron chi connectivity index (χ1n) is 7.77. The summed E-state index contributed by atoms with van der Waals surface area (Å²) in [6, 6.07) is 9.57. The number of nitrogens with one attached hydrogen (secondary N) is 1. The molecule has 148 valence electrons. The van der Waals surface area contributed by atoms with Gasteiger partial charge in [0, 0.05) is 12.8 Å². The first kappa shape index (κ1) is 22.6. The average molecular weight is 405 g/mol. The molecule has 0 unspecified atom stereocenters. The predicted molar refractivity (Wildman–Crippen MR) is 99.3 cm³/mol. The van der Waals surface area contributed by atoms with E-state index >= 15 is 0 Å². The zero-order chi connectivity index (χ0) is 19.2. The summed E-state index contributed by atoms with van der Waals surface area (Å²) in [6.07, 6.45) is -4.53. The van der Waals surface area contributed by atoms with Crippen LogP contribution in [0.5, 0.6) is 5.75 Å². The first-order valence-corrected chi connectivity index (χ1v) is 7.77. The number of anilines is 2. The lowest BCUT2D eigenvalue weighted by atomic mass is 10.1. The second-order valence-corrected chi connectivity index (χ2v) is 5.52. The molecule has 2 aromatic rings. The number of amides is 1. The van der Waals surface area contributed by atoms with E-state index in [0.717, 1.165) is 12.1 Å². The largest absolute Gasteiger partial charge is 0.489 e. The number of rotatable bonds is 7. The van der Waals surface area contributed by atoms with Gasteiger partial charge < -0.3 is 20.5 Å². The van der Waals surface area contributed by atoms with E-state index in [9.17, 15) is 18.0 Å². The molecule has 0 bridgehead atoms. The number of halogens is 4. The molecule has 27 heavy (non-hydrogen) atoms. The predicted octanol–water partition coefficient (Wildman–Crippen LogP) is 3.92. The van der Waals surface area contributed by atoms with Crippen molar-refractivity contribution in [1.29, 1.82) is 0 Å². The molecule has 0 aromatic heterocycles. The Balaban J connectivity index is 0.00000364. The van der Waals surface area contributed by atoms with Gasteiger partial charge >= 0.3 is 6.18 Å². The Morgan fingerprint density at radius 3 is 2.37 bits per heavy atom. The summed E-state index contributed by atoms with van der Waals surface area (Å²) in [6.45, 7) is 0.405. The van der Waals surface area contributed by atoms with Crippen LogP contribution in [0.4, 0.5) is 24.5 Å². The molecule has 0 aliphatic heterocycles. The van der Waals surface area contributed by atoms with Gasteiger partial charge in [-0.3, -0.25) is 4.79 Å². The fourth-order valence-electron chi connectivity index (χ4n) is 2.18. The normalized spacial score (nSPS) is 10.8. The van der Waals surface area contributed by atoms with Gasteiger partial charge in [0.25, 0.3) is 0 Å². The van der Waals surface area contributed by atoms with E-state index in [1.807, 2.05) is 0 Å². The Labute approximate surface area is 161 Å². The maximum absolute atomic E-state index is 12.9. The van der Waals surface area contributed by atoms with E-state index in [1.165, 1.54) is 13.2 Å². The van der Waals surface area contributed by atoms with Crippen LogP contribution in [-0.4, -0.2) is 26.2 Å². The molecule has 0 heterocycles. The highest BCUT2D eigenvalue weighted by Crippen LogP contribution is 2.35. The molecule has 0 saturated heterocycles. The number of nitrogen functional groups attached to an aromatic ring is 1. The summed E-state index contributed by atoms with van der Waals surface area (Å²) in [7, 11) is 1.48. The van der Waals surface area contributed by atoms with Gasteiger partial charge in [0.2, 0.25) is 5.91 Å². The van der Waals surface area contributed by atoms with Gasteiger partial charge in [0.05, 0.1) is 24.3 Å². The monoisotopic (exact) mass is 404 g/mol. The van der Waals surface area contributed by atoms with Crippen molar-refractivity contribution in [3.8, 4) is 5.75 Å². The van der Waals surface area contributed by atoms with Crippen molar-refractivity contribution < 1.29 is 27.4 Å². The van der Waals surface area contributed by atoms with Gasteiger partial charge in [-0.25, -0.2) is 0 Å². The molecule has 9 heteroatoms. The zero-order valence-corrected chi connectivity index (χ0v) is 15.3. The Kier molecular flexibility index (Phi) is 8.39. The van der Waals surface area contributed by atoms with Crippen LogP contribution in [0.25, 0.3) is 0 Å². The standard InChI is InChI=1S/C18H19F3N2O3.ClH/c1-25-8-9-26-16-7-4-13(18(19,20)21)11-15(16)23-17(24)10-12-2-5-14(22)6-3-12;/h2-7,11H,8-10,22H2,1H3,(H,23,24);1H. The number of nitrogens with two attached hydrogens (primary N) is 1. The van der Waals surface area contributed by atoms with Gasteiger partial charge in [0.15, 0.2) is 0 Å². The minimum absolute atomic E-state index is 0. The topological polar surface area (TPSA) is 73.6 Å². The van der Waals surface area contributed by atoms with Crippen LogP contribution < -0.4 is 15.8 Å². The van der Waals surface area contributed by atoms with E-state index in [4.69, 9.17) is 15.2 Å². The molecule has 0 atom stereocenters. The Morgan fingerprint density at radius 1 is 1.11 bits per heavy atom. The zero-order valence-electron chi connectivity index (χ0n) is 14.5. The molecule has 0 spiro atoms. The Bertz CT molecular complexity index is 753. The molecule has 3 N–H and O–H groups in total. The molecule has 0 aliphatic rings. The van der Waals surface area contributed by atoms with Crippen molar-refractivity contribution in [2.75, 3.05) is 31.4 Å². The van der Waals surface area contributed by atoms with Crippen molar-refractivity contribution in [3.05, 3.63) is 53.6 Å². The average Bonchev–Trinajstić information content (AvgIpc) is 2.57. The van der Waals surface area contributed by atoms with Crippen molar-refractivity contribution in [2.24, 2.45) is 0 Å². The molecule has 0 radical (unpaired) electrons. The highest BCUT2D eigenvalue weighted by Gasteiger charge is 2.31. The van der Waals surface area contributed by atoms with Crippen LogP contribution in [0.15, 0.2) is 42.5 Å². The van der Waals surface area contributed by atoms with Gasteiger partial charge in [-0.15, -0.1) is 12.4 Å². The Hall–Kier alpha value is -2.45. The number of alkyl halides is 3. The molecule has 0 saturated carbocycles. The third-order valence-electron chi connectivity index (χ3n) is 3.47. The molecule has 5 nitrogen and oxygen atoms in total. The second-order valence-electron chi connectivity index (χ2n) is 5.52. The lowest BCUT2D eigenvalue weighted by molar-refractivity contribution is -0.137. The van der Waals surface area contributed by atoms with Gasteiger partial charge in [-0.2, -0.15) is 13.2 Å². The summed E-state index contributed by atoms with van der Waals surface area (Å²) in [5.41, 5.74) is 5.90. The summed E-state index contributed by atoms with van der Waals surface area (Å²) in [5, 5.41) is 2.48. The highest BCUT2D eigenvalue weighted by atomic mass is 35.5. The maximum Gasteiger partial charge on any atom is 0.416 e. The molecule has 2 rings (SSSR count). The smallest absolute Gasteiger partial charge is 0.416 e. The minimum atomic E-state index is -4.53. The second kappa shape index (κ2) is 10.0. The molecular formula is C18H20ClF3N2O3. The quantitative estimate of drug-likeness (QED) is 0.542. The van der Waals surface area contributed by atoms with E-state index in [1.54, 1.807) is 24.3 Å². The fraction of sp³-hybridized carbons (Fsp3) is 0.278. The van der Waals surface area contributed by atoms with Crippen LogP contribution in [0.1, 0.15) is 11.1 Å². The van der Waals surface area contributed by atoms with E-state index in [0.29, 0.717) is 11.3 Å². The molecule has 0 fully saturated rings. The number of carbonyl (C=O) groups excluding carboxylic acids is 1. The Morgan fingerprint density at radius 2 is 1.78 bits per heavy atom. The molecule has 1 amide bonds. The van der Waals surface area contributed by atoms with Crippen molar-refractivity contribution in [3.63, 3.8) is 0 Å². The van der Waals surface area contributed by atoms with Gasteiger partial charge in [-0.1, -0.05) is 12.1 Å². The van der Waals surface area contributed by atoms with Crippen LogP contribution in [0, 0.1) is 0 Å². The molecular weight excluding hydrogens is 385 g/mol. The van der Waals surface area contributed by atoms with Crippen LogP contribution in [0.2, 0.25) is 0 Å². The highest BCUT2D eigenvalue weighted by molar-refractivity contribution is 5.93. The van der Waals surface area contributed by atoms with E-state index in [-0.39, 0.29) is 43.5 Å². The summed E-state index contributed by atoms with van der Waals surface area (Å²) >= 11 is 0. The minimum Gasteiger partial charge on any atom is -0.489 e. The SMILES string of the molecule is COCCOc1ccc(C(F)(F)F)cc1NC(=O)Cc1ccc(N)cc1.Cl. The van der Waals surface area contributed by atoms with Crippen LogP contribution in [0.3, 0.4) is 0 Å². The van der Waals surface area contributed by atoms with E-state index in [2.05, 4.69) is 5.32 Å². The number of hydrogen-bond donors (Lipinski definition) is 2. The van der Waals surface area contributed by atoms with Crippen molar-refractivity contribution in [1.82, 2.24) is 0 Å². The number of carbonyl (C=O) groups is 1. The summed E-state index contributed by atoms with van der Waals surface area (Å²) in [5.74, 6) is -0.327. The summed E-state index contributed by atoms with van der Waals surface area (Å²) in [4.78, 5) is 12.2. The first-order chi connectivity index (χ1) is 12.3. The van der Waals surface area contributed by atoms with Gasteiger partial charge in [0.1, 0.15) is 12.4 Å². The lowest BCUT2D eigenvalue weighted by Crippen LogP contribution is -2.17. The number of methoxy groups -OCH3 is 1. The third-order valence-corrected chi connectivity index (χ3v) is 3.47. The third kappa shape index (κ3) is 6.99.